The molecule has 0 aliphatic rings. The van der Waals surface area contributed by atoms with Crippen molar-refractivity contribution in [1.29, 1.82) is 0 Å². The molecule has 0 aliphatic carbocycles. The second-order valence-corrected chi connectivity index (χ2v) is 3.18. The zero-order valence-electron chi connectivity index (χ0n) is 8.58. The van der Waals surface area contributed by atoms with Crippen LogP contribution in [0.5, 0.6) is 0 Å². The second kappa shape index (κ2) is 4.35. The lowest BCUT2D eigenvalue weighted by Gasteiger charge is -2.05. The molecule has 6 nitrogen and oxygen atoms in total. The summed E-state index contributed by atoms with van der Waals surface area (Å²) in [6, 6.07) is 1.52. The van der Waals surface area contributed by atoms with Crippen molar-refractivity contribution in [3.63, 3.8) is 0 Å². The highest BCUT2D eigenvalue weighted by Gasteiger charge is 2.20. The number of rotatable bonds is 2. The Bertz CT molecular complexity index is 614. The number of benzene rings is 1. The summed E-state index contributed by atoms with van der Waals surface area (Å²) in [6.07, 6.45) is 0. The Morgan fingerprint density at radius 3 is 2.56 bits per heavy atom. The average molecular weight is 258 g/mol. The Morgan fingerprint density at radius 2 is 1.94 bits per heavy atom. The van der Waals surface area contributed by atoms with E-state index in [1.807, 2.05) is 5.32 Å². The van der Waals surface area contributed by atoms with Gasteiger partial charge in [0.1, 0.15) is 0 Å². The predicted molar refractivity (Wildman–Crippen MR) is 53.0 cm³/mol. The highest BCUT2D eigenvalue weighted by molar-refractivity contribution is 6.05. The third kappa shape index (κ3) is 1.97. The smallest absolute Gasteiger partial charge is 0.281 e. The van der Waals surface area contributed by atoms with Gasteiger partial charge in [-0.2, -0.15) is 0 Å². The normalized spacial score (nSPS) is 10.4. The van der Waals surface area contributed by atoms with Gasteiger partial charge < -0.3 is 11.1 Å². The lowest BCUT2D eigenvalue weighted by Crippen LogP contribution is -2.15. The Balaban J connectivity index is 2.28. The quantitative estimate of drug-likeness (QED) is 0.792. The minimum absolute atomic E-state index is 0.310. The van der Waals surface area contributed by atoms with E-state index in [1.54, 1.807) is 0 Å². The summed E-state index contributed by atoms with van der Waals surface area (Å²) < 4.78 is 42.9. The number of anilines is 2. The molecule has 0 spiro atoms. The molecule has 0 bridgehead atoms. The van der Waals surface area contributed by atoms with Gasteiger partial charge >= 0.3 is 0 Å². The van der Waals surface area contributed by atoms with Crippen molar-refractivity contribution in [1.82, 2.24) is 10.3 Å². The molecule has 0 atom stereocenters. The molecule has 0 fully saturated rings. The largest absolute Gasteiger partial charge is 0.379 e. The third-order valence-corrected chi connectivity index (χ3v) is 2.01. The number of halogens is 3. The van der Waals surface area contributed by atoms with Crippen LogP contribution < -0.4 is 11.1 Å². The number of hydrogen-bond donors (Lipinski definition) is 2. The Kier molecular flexibility index (Phi) is 2.88. The van der Waals surface area contributed by atoms with E-state index in [0.29, 0.717) is 6.07 Å². The topological polar surface area (TPSA) is 94.0 Å². The fourth-order valence-corrected chi connectivity index (χ4v) is 1.16. The molecule has 2 aromatic rings. The number of carbonyl (C=O) groups is 1. The van der Waals surface area contributed by atoms with Crippen LogP contribution in [0.2, 0.25) is 0 Å². The van der Waals surface area contributed by atoms with E-state index in [2.05, 4.69) is 14.9 Å². The zero-order valence-corrected chi connectivity index (χ0v) is 8.58. The standard InChI is InChI=1S/C9H5F3N4O2/c10-3-1-2-4(6(12)5(3)11)14-9(17)7-8(13)16-18-15-7/h1-2H,(H2,13,16)(H,14,17). The van der Waals surface area contributed by atoms with Gasteiger partial charge in [0.25, 0.3) is 5.91 Å². The van der Waals surface area contributed by atoms with Crippen molar-refractivity contribution in [2.45, 2.75) is 0 Å². The van der Waals surface area contributed by atoms with E-state index in [9.17, 15) is 18.0 Å². The van der Waals surface area contributed by atoms with Gasteiger partial charge in [0.2, 0.25) is 11.5 Å². The molecule has 94 valence electrons. The van der Waals surface area contributed by atoms with Gasteiger partial charge in [-0.1, -0.05) is 0 Å². The molecule has 0 radical (unpaired) electrons. The lowest BCUT2D eigenvalue weighted by molar-refractivity contribution is 0.101. The average Bonchev–Trinajstić information content (AvgIpc) is 2.76. The molecule has 1 aromatic carbocycles. The van der Waals surface area contributed by atoms with Gasteiger partial charge in [0.15, 0.2) is 17.5 Å². The minimum atomic E-state index is -1.70. The fraction of sp³-hybridized carbons (Fsp3) is 0. The molecule has 2 rings (SSSR count). The maximum atomic E-state index is 13.2. The van der Waals surface area contributed by atoms with Crippen molar-refractivity contribution < 1.29 is 22.6 Å². The van der Waals surface area contributed by atoms with Crippen molar-refractivity contribution in [3.05, 3.63) is 35.3 Å². The number of nitrogen functional groups attached to an aromatic ring is 1. The van der Waals surface area contributed by atoms with Crippen LogP contribution >= 0.6 is 0 Å². The summed E-state index contributed by atoms with van der Waals surface area (Å²) in [5, 5.41) is 8.26. The van der Waals surface area contributed by atoms with Crippen molar-refractivity contribution >= 4 is 17.4 Å². The first-order valence-corrected chi connectivity index (χ1v) is 4.53. The SMILES string of the molecule is Nc1nonc1C(=O)Nc1ccc(F)c(F)c1F. The summed E-state index contributed by atoms with van der Waals surface area (Å²) in [7, 11) is 0. The number of hydrogen-bond acceptors (Lipinski definition) is 5. The Hall–Kier alpha value is -2.58. The highest BCUT2D eigenvalue weighted by atomic mass is 19.2. The molecule has 18 heavy (non-hydrogen) atoms. The molecule has 0 unspecified atom stereocenters. The summed E-state index contributed by atoms with van der Waals surface area (Å²) in [5.74, 6) is -5.86. The highest BCUT2D eigenvalue weighted by Crippen LogP contribution is 2.20. The van der Waals surface area contributed by atoms with Gasteiger partial charge in [-0.3, -0.25) is 4.79 Å². The molecule has 0 aliphatic heterocycles. The van der Waals surface area contributed by atoms with E-state index in [-0.39, 0.29) is 11.5 Å². The molecule has 1 amide bonds. The zero-order chi connectivity index (χ0) is 13.3. The summed E-state index contributed by atoms with van der Waals surface area (Å²) in [5.41, 5.74) is 4.29. The van der Waals surface area contributed by atoms with Crippen LogP contribution in [-0.2, 0) is 0 Å². The number of nitrogens with one attached hydrogen (secondary N) is 1. The number of nitrogens with two attached hydrogens (primary N) is 1. The fourth-order valence-electron chi connectivity index (χ4n) is 1.16. The van der Waals surface area contributed by atoms with Gasteiger partial charge in [0.05, 0.1) is 5.69 Å². The van der Waals surface area contributed by atoms with E-state index >= 15 is 0 Å². The van der Waals surface area contributed by atoms with Crippen LogP contribution in [0.4, 0.5) is 24.7 Å². The lowest BCUT2D eigenvalue weighted by atomic mass is 10.2. The van der Waals surface area contributed by atoms with Crippen LogP contribution in [-0.4, -0.2) is 16.2 Å². The first-order valence-electron chi connectivity index (χ1n) is 4.53. The molecule has 9 heteroatoms. The van der Waals surface area contributed by atoms with E-state index in [1.165, 1.54) is 0 Å². The van der Waals surface area contributed by atoms with Crippen LogP contribution in [0.3, 0.4) is 0 Å². The number of nitrogens with zero attached hydrogens (tertiary/aromatic N) is 2. The molecular formula is C9H5F3N4O2. The summed E-state index contributed by atoms with van der Waals surface area (Å²) in [4.78, 5) is 11.5. The molecule has 0 saturated carbocycles. The first kappa shape index (κ1) is 11.9. The monoisotopic (exact) mass is 258 g/mol. The molecule has 1 aromatic heterocycles. The van der Waals surface area contributed by atoms with Crippen molar-refractivity contribution in [2.24, 2.45) is 0 Å². The van der Waals surface area contributed by atoms with Crippen LogP contribution in [0.25, 0.3) is 0 Å². The van der Waals surface area contributed by atoms with Crippen molar-refractivity contribution in [3.8, 4) is 0 Å². The van der Waals surface area contributed by atoms with Gasteiger partial charge in [-0.15, -0.1) is 0 Å². The molecular weight excluding hydrogens is 253 g/mol. The summed E-state index contributed by atoms with van der Waals surface area (Å²) in [6.45, 7) is 0. The third-order valence-electron chi connectivity index (χ3n) is 2.01. The maximum Gasteiger partial charge on any atom is 0.281 e. The van der Waals surface area contributed by atoms with E-state index in [4.69, 9.17) is 5.73 Å². The molecule has 3 N–H and O–H groups in total. The second-order valence-electron chi connectivity index (χ2n) is 3.18. The van der Waals surface area contributed by atoms with Gasteiger partial charge in [0, 0.05) is 0 Å². The summed E-state index contributed by atoms with van der Waals surface area (Å²) >= 11 is 0. The first-order chi connectivity index (χ1) is 8.50. The van der Waals surface area contributed by atoms with Crippen molar-refractivity contribution in [2.75, 3.05) is 11.1 Å². The Morgan fingerprint density at radius 1 is 1.22 bits per heavy atom. The number of carbonyl (C=O) groups excluding carboxylic acids is 1. The number of amides is 1. The number of aromatic nitrogens is 2. The molecule has 1 heterocycles. The predicted octanol–water partition coefficient (Wildman–Crippen LogP) is 1.32. The van der Waals surface area contributed by atoms with Crippen LogP contribution in [0.15, 0.2) is 16.8 Å². The van der Waals surface area contributed by atoms with Crippen LogP contribution in [0.1, 0.15) is 10.5 Å². The van der Waals surface area contributed by atoms with E-state index in [0.717, 1.165) is 6.07 Å². The van der Waals surface area contributed by atoms with Gasteiger partial charge in [-0.25, -0.2) is 17.8 Å². The van der Waals surface area contributed by atoms with Gasteiger partial charge in [-0.05, 0) is 22.4 Å². The van der Waals surface area contributed by atoms with Crippen LogP contribution in [0, 0.1) is 17.5 Å². The molecule has 0 saturated heterocycles. The van der Waals surface area contributed by atoms with E-state index < -0.39 is 29.0 Å². The minimum Gasteiger partial charge on any atom is -0.379 e. The Labute approximate surface area is 97.5 Å². The maximum absolute atomic E-state index is 13.2.